The van der Waals surface area contributed by atoms with Gasteiger partial charge in [-0.3, -0.25) is 0 Å². The van der Waals surface area contributed by atoms with E-state index in [4.69, 9.17) is 5.11 Å². The summed E-state index contributed by atoms with van der Waals surface area (Å²) in [5.74, 6) is 1.69. The van der Waals surface area contributed by atoms with Crippen molar-refractivity contribution in [2.75, 3.05) is 13.1 Å². The van der Waals surface area contributed by atoms with E-state index in [-0.39, 0.29) is 13.2 Å². The van der Waals surface area contributed by atoms with Gasteiger partial charge < -0.3 is 25.0 Å². The Morgan fingerprint density at radius 1 is 1.06 bits per heavy atom. The average molecular weight is 428 g/mol. The van der Waals surface area contributed by atoms with E-state index in [0.717, 1.165) is 66.0 Å². The summed E-state index contributed by atoms with van der Waals surface area (Å²) in [5, 5.41) is 22.8. The Kier molecular flexibility index (Phi) is 6.87. The van der Waals surface area contributed by atoms with Crippen LogP contribution >= 0.6 is 0 Å². The van der Waals surface area contributed by atoms with Gasteiger partial charge in [0.05, 0.1) is 13.2 Å². The van der Waals surface area contributed by atoms with Crippen molar-refractivity contribution in [2.24, 2.45) is 11.8 Å². The fraction of sp³-hybridized carbons (Fsp3) is 0.640. The molecule has 6 nitrogen and oxygen atoms in total. The second-order valence-corrected chi connectivity index (χ2v) is 9.71. The van der Waals surface area contributed by atoms with Crippen LogP contribution in [0.5, 0.6) is 0 Å². The number of rotatable bonds is 6. The third kappa shape index (κ3) is 4.60. The number of carboxylic acid groups (broad SMARTS) is 1. The summed E-state index contributed by atoms with van der Waals surface area (Å²) >= 11 is 0. The number of nitrogens with one attached hydrogen (secondary N) is 1. The van der Waals surface area contributed by atoms with Crippen molar-refractivity contribution in [1.82, 2.24) is 14.8 Å². The number of nitrogens with zero attached hydrogens (tertiary/aromatic N) is 2. The zero-order valence-corrected chi connectivity index (χ0v) is 18.9. The second-order valence-electron chi connectivity index (χ2n) is 9.71. The third-order valence-electron chi connectivity index (χ3n) is 7.76. The topological polar surface area (TPSA) is 77.7 Å². The van der Waals surface area contributed by atoms with E-state index in [9.17, 15) is 9.90 Å². The Labute approximate surface area is 185 Å². The first kappa shape index (κ1) is 22.2. The maximum absolute atomic E-state index is 11.2. The van der Waals surface area contributed by atoms with Crippen LogP contribution in [0.25, 0.3) is 10.9 Å². The SMILES string of the molecule is CC(C)C1CCC(N2CCC(n3c(CNC(=O)O)c(CO)c4ccccc43)CC2)CC1. The first-order valence-corrected chi connectivity index (χ1v) is 11.9. The monoisotopic (exact) mass is 427 g/mol. The van der Waals surface area contributed by atoms with E-state index in [0.29, 0.717) is 6.04 Å². The van der Waals surface area contributed by atoms with Crippen LogP contribution in [0.2, 0.25) is 0 Å². The van der Waals surface area contributed by atoms with Crippen LogP contribution in [0.3, 0.4) is 0 Å². The molecule has 0 unspecified atom stereocenters. The summed E-state index contributed by atoms with van der Waals surface area (Å²) in [6.45, 7) is 7.04. The van der Waals surface area contributed by atoms with Gasteiger partial charge in [-0.1, -0.05) is 32.0 Å². The fourth-order valence-electron chi connectivity index (χ4n) is 5.97. The molecule has 170 valence electrons. The standard InChI is InChI=1S/C25H37N3O3/c1-17(2)18-7-9-19(10-8-18)27-13-11-20(12-14-27)28-23-6-4-3-5-21(23)22(16-29)24(28)15-26-25(30)31/h3-6,17-20,26,29H,7-16H2,1-2H3,(H,30,31). The molecule has 1 saturated carbocycles. The number of para-hydroxylation sites is 1. The molecule has 0 spiro atoms. The van der Waals surface area contributed by atoms with E-state index in [2.05, 4.69) is 34.7 Å². The molecule has 4 rings (SSSR count). The minimum absolute atomic E-state index is 0.0813. The molecule has 0 bridgehead atoms. The minimum atomic E-state index is -1.03. The molecule has 2 aliphatic rings. The maximum atomic E-state index is 11.2. The normalized spacial score (nSPS) is 23.5. The Morgan fingerprint density at radius 3 is 2.35 bits per heavy atom. The van der Waals surface area contributed by atoms with Gasteiger partial charge in [0.15, 0.2) is 0 Å². The van der Waals surface area contributed by atoms with Crippen molar-refractivity contribution < 1.29 is 15.0 Å². The van der Waals surface area contributed by atoms with Gasteiger partial charge in [0.1, 0.15) is 0 Å². The predicted molar refractivity (Wildman–Crippen MR) is 123 cm³/mol. The van der Waals surface area contributed by atoms with E-state index < -0.39 is 6.09 Å². The molecule has 2 fully saturated rings. The largest absolute Gasteiger partial charge is 0.465 e. The first-order chi connectivity index (χ1) is 15.0. The van der Waals surface area contributed by atoms with Gasteiger partial charge in [-0.05, 0) is 56.4 Å². The highest BCUT2D eigenvalue weighted by atomic mass is 16.4. The highest BCUT2D eigenvalue weighted by Gasteiger charge is 2.31. The molecule has 3 N–H and O–H groups in total. The highest BCUT2D eigenvalue weighted by Crippen LogP contribution is 2.37. The number of hydrogen-bond donors (Lipinski definition) is 3. The average Bonchev–Trinajstić information content (AvgIpc) is 3.11. The van der Waals surface area contributed by atoms with Crippen molar-refractivity contribution in [3.05, 3.63) is 35.5 Å². The molecule has 0 atom stereocenters. The Morgan fingerprint density at radius 2 is 1.74 bits per heavy atom. The lowest BCUT2D eigenvalue weighted by Gasteiger charge is -2.42. The van der Waals surface area contributed by atoms with E-state index >= 15 is 0 Å². The lowest BCUT2D eigenvalue weighted by Crippen LogP contribution is -2.44. The molecule has 1 amide bonds. The Hall–Kier alpha value is -2.05. The van der Waals surface area contributed by atoms with E-state index in [1.807, 2.05) is 18.2 Å². The van der Waals surface area contributed by atoms with Crippen molar-refractivity contribution in [3.8, 4) is 0 Å². The van der Waals surface area contributed by atoms with Gasteiger partial charge in [-0.25, -0.2) is 4.79 Å². The molecule has 1 aliphatic carbocycles. The smallest absolute Gasteiger partial charge is 0.404 e. The van der Waals surface area contributed by atoms with Crippen LogP contribution in [-0.2, 0) is 13.2 Å². The summed E-state index contributed by atoms with van der Waals surface area (Å²) in [5.41, 5.74) is 2.85. The minimum Gasteiger partial charge on any atom is -0.465 e. The summed E-state index contributed by atoms with van der Waals surface area (Å²) in [4.78, 5) is 13.9. The highest BCUT2D eigenvalue weighted by molar-refractivity contribution is 5.85. The van der Waals surface area contributed by atoms with Crippen LogP contribution in [-0.4, -0.2) is 44.9 Å². The summed E-state index contributed by atoms with van der Waals surface area (Å²) in [6, 6.07) is 9.19. The van der Waals surface area contributed by atoms with Gasteiger partial charge >= 0.3 is 6.09 Å². The van der Waals surface area contributed by atoms with Crippen molar-refractivity contribution in [2.45, 2.75) is 77.6 Å². The molecular formula is C25H37N3O3. The molecule has 1 aromatic carbocycles. The molecule has 0 radical (unpaired) electrons. The molecule has 1 saturated heterocycles. The summed E-state index contributed by atoms with van der Waals surface area (Å²) < 4.78 is 2.31. The van der Waals surface area contributed by atoms with Gasteiger partial charge in [0.25, 0.3) is 0 Å². The number of fused-ring (bicyclic) bond motifs is 1. The second kappa shape index (κ2) is 9.61. The molecule has 1 aromatic heterocycles. The molecule has 1 aliphatic heterocycles. The Bertz CT molecular complexity index is 891. The molecule has 6 heteroatoms. The zero-order valence-electron chi connectivity index (χ0n) is 18.9. The van der Waals surface area contributed by atoms with E-state index in [1.165, 1.54) is 25.7 Å². The quantitative estimate of drug-likeness (QED) is 0.621. The van der Waals surface area contributed by atoms with Crippen molar-refractivity contribution in [3.63, 3.8) is 0 Å². The number of carbonyl (C=O) groups is 1. The van der Waals surface area contributed by atoms with Crippen LogP contribution in [0, 0.1) is 11.8 Å². The molecule has 2 heterocycles. The van der Waals surface area contributed by atoms with Gasteiger partial charge in [-0.15, -0.1) is 0 Å². The molecular weight excluding hydrogens is 390 g/mol. The number of aromatic nitrogens is 1. The number of aliphatic hydroxyl groups is 1. The number of piperidine rings is 1. The predicted octanol–water partition coefficient (Wildman–Crippen LogP) is 4.75. The lowest BCUT2D eigenvalue weighted by atomic mass is 9.79. The maximum Gasteiger partial charge on any atom is 0.404 e. The number of aliphatic hydroxyl groups excluding tert-OH is 1. The molecule has 2 aromatic rings. The Balaban J connectivity index is 1.51. The van der Waals surface area contributed by atoms with Crippen molar-refractivity contribution in [1.29, 1.82) is 0 Å². The fourth-order valence-corrected chi connectivity index (χ4v) is 5.97. The lowest BCUT2D eigenvalue weighted by molar-refractivity contribution is 0.0888. The summed E-state index contributed by atoms with van der Waals surface area (Å²) in [7, 11) is 0. The van der Waals surface area contributed by atoms with Gasteiger partial charge in [-0.2, -0.15) is 0 Å². The van der Waals surface area contributed by atoms with Crippen LogP contribution < -0.4 is 5.32 Å². The van der Waals surface area contributed by atoms with Gasteiger partial charge in [0, 0.05) is 47.3 Å². The number of amides is 1. The number of hydrogen-bond acceptors (Lipinski definition) is 3. The third-order valence-corrected chi connectivity index (χ3v) is 7.76. The van der Waals surface area contributed by atoms with Crippen LogP contribution in [0.1, 0.15) is 69.7 Å². The number of likely N-dealkylation sites (tertiary alicyclic amines) is 1. The van der Waals surface area contributed by atoms with E-state index in [1.54, 1.807) is 0 Å². The van der Waals surface area contributed by atoms with Gasteiger partial charge in [0.2, 0.25) is 0 Å². The summed E-state index contributed by atoms with van der Waals surface area (Å²) in [6.07, 6.45) is 6.45. The van der Waals surface area contributed by atoms with Crippen molar-refractivity contribution >= 4 is 17.0 Å². The van der Waals surface area contributed by atoms with Crippen LogP contribution in [0.15, 0.2) is 24.3 Å². The first-order valence-electron chi connectivity index (χ1n) is 11.9. The van der Waals surface area contributed by atoms with Crippen LogP contribution in [0.4, 0.5) is 4.79 Å². The zero-order chi connectivity index (χ0) is 22.0. The number of benzene rings is 1. The molecule has 31 heavy (non-hydrogen) atoms.